The minimum atomic E-state index is -1.07. The Morgan fingerprint density at radius 2 is 1.50 bits per heavy atom. The van der Waals surface area contributed by atoms with Crippen molar-refractivity contribution < 1.29 is 9.68 Å². The lowest BCUT2D eigenvalue weighted by atomic mass is 9.99. The lowest BCUT2D eigenvalue weighted by molar-refractivity contribution is -0.534. The summed E-state index contributed by atoms with van der Waals surface area (Å²) < 4.78 is 3.41. The number of anilines is 1. The first-order chi connectivity index (χ1) is 14.6. The fraction of sp³-hybridized carbons (Fsp3) is 0.269. The topological polar surface area (TPSA) is 26.5 Å². The highest BCUT2D eigenvalue weighted by Gasteiger charge is 2.53. The molecule has 0 aliphatic carbocycles. The molecule has 2 aliphatic rings. The smallest absolute Gasteiger partial charge is 0.275 e. The van der Waals surface area contributed by atoms with Crippen LogP contribution in [0.1, 0.15) is 31.2 Å². The zero-order valence-electron chi connectivity index (χ0n) is 17.0. The van der Waals surface area contributed by atoms with Crippen molar-refractivity contribution in [2.75, 3.05) is 18.0 Å². The number of hydrogen-bond donors (Lipinski definition) is 1. The Kier molecular flexibility index (Phi) is 5.21. The molecule has 3 aromatic carbocycles. The van der Waals surface area contributed by atoms with Crippen molar-refractivity contribution in [3.05, 3.63) is 88.9 Å². The molecule has 0 spiro atoms. The zero-order chi connectivity index (χ0) is 20.6. The minimum absolute atomic E-state index is 0.602. The van der Waals surface area contributed by atoms with Gasteiger partial charge >= 0.3 is 0 Å². The van der Waals surface area contributed by atoms with Crippen molar-refractivity contribution in [3.8, 4) is 11.1 Å². The van der Waals surface area contributed by atoms with Crippen LogP contribution < -0.4 is 4.90 Å². The molecule has 0 fully saturated rings. The summed E-state index contributed by atoms with van der Waals surface area (Å²) in [5, 5.41) is 12.0. The summed E-state index contributed by atoms with van der Waals surface area (Å²) in [6.07, 6.45) is 4.60. The second kappa shape index (κ2) is 8.01. The largest absolute Gasteiger partial charge is 0.346 e. The van der Waals surface area contributed by atoms with Gasteiger partial charge in [0, 0.05) is 16.5 Å². The summed E-state index contributed by atoms with van der Waals surface area (Å²) in [6.45, 7) is 1.61. The van der Waals surface area contributed by atoms with Crippen LogP contribution in [0.25, 0.3) is 11.1 Å². The summed E-state index contributed by atoms with van der Waals surface area (Å²) in [5.74, 6) is 1.24. The van der Waals surface area contributed by atoms with Crippen LogP contribution in [0.15, 0.2) is 83.3 Å². The van der Waals surface area contributed by atoms with Crippen molar-refractivity contribution in [2.24, 2.45) is 0 Å². The number of amidine groups is 1. The average molecular weight is 462 g/mol. The van der Waals surface area contributed by atoms with Gasteiger partial charge in [0.25, 0.3) is 11.6 Å². The summed E-state index contributed by atoms with van der Waals surface area (Å²) in [4.78, 5) is 2.18. The van der Waals surface area contributed by atoms with Gasteiger partial charge in [0.15, 0.2) is 6.54 Å². The van der Waals surface area contributed by atoms with E-state index in [0.717, 1.165) is 28.7 Å². The van der Waals surface area contributed by atoms with Crippen molar-refractivity contribution in [1.29, 1.82) is 0 Å². The first-order valence-electron chi connectivity index (χ1n) is 10.7. The van der Waals surface area contributed by atoms with Crippen LogP contribution >= 0.6 is 15.9 Å². The molecule has 2 heterocycles. The molecule has 0 amide bonds. The first kappa shape index (κ1) is 19.5. The van der Waals surface area contributed by atoms with Crippen molar-refractivity contribution in [2.45, 2.75) is 31.4 Å². The predicted molar refractivity (Wildman–Crippen MR) is 126 cm³/mol. The van der Waals surface area contributed by atoms with E-state index in [2.05, 4.69) is 73.9 Å². The van der Waals surface area contributed by atoms with E-state index in [-0.39, 0.29) is 0 Å². The number of hydrogen-bond acceptors (Lipinski definition) is 2. The Bertz CT molecular complexity index is 1060. The molecule has 0 saturated heterocycles. The quantitative estimate of drug-likeness (QED) is 0.501. The second-order valence-corrected chi connectivity index (χ2v) is 9.14. The highest BCUT2D eigenvalue weighted by Crippen LogP contribution is 2.38. The maximum absolute atomic E-state index is 12.0. The van der Waals surface area contributed by atoms with E-state index in [1.54, 1.807) is 0 Å². The second-order valence-electron chi connectivity index (χ2n) is 8.22. The van der Waals surface area contributed by atoms with Crippen LogP contribution in [-0.4, -0.2) is 28.6 Å². The van der Waals surface area contributed by atoms with Crippen LogP contribution in [0, 0.1) is 0 Å². The molecule has 3 aromatic rings. The van der Waals surface area contributed by atoms with Gasteiger partial charge in [-0.05, 0) is 54.7 Å². The molecule has 0 saturated carbocycles. The highest BCUT2D eigenvalue weighted by atomic mass is 79.9. The van der Waals surface area contributed by atoms with E-state index in [1.807, 2.05) is 30.3 Å². The molecule has 0 bridgehead atoms. The van der Waals surface area contributed by atoms with E-state index < -0.39 is 5.72 Å². The fourth-order valence-electron chi connectivity index (χ4n) is 4.76. The lowest BCUT2D eigenvalue weighted by Gasteiger charge is -2.29. The molecule has 4 heteroatoms. The number of rotatable bonds is 3. The SMILES string of the molecule is OC1(c2ccc(Br)cc2)C[N+]2=C(CCCCC2)N1c1ccc(-c2ccccc2)cc1. The van der Waals surface area contributed by atoms with Gasteiger partial charge in [-0.25, -0.2) is 0 Å². The molecule has 2 aliphatic heterocycles. The third-order valence-corrected chi connectivity index (χ3v) is 6.80. The lowest BCUT2D eigenvalue weighted by Crippen LogP contribution is -2.47. The van der Waals surface area contributed by atoms with Gasteiger partial charge < -0.3 is 5.11 Å². The van der Waals surface area contributed by atoms with Crippen LogP contribution in [0.2, 0.25) is 0 Å². The molecule has 152 valence electrons. The fourth-order valence-corrected chi connectivity index (χ4v) is 5.02. The Hall–Kier alpha value is -2.43. The Balaban J connectivity index is 1.57. The van der Waals surface area contributed by atoms with E-state index >= 15 is 0 Å². The standard InChI is InChI=1S/C26H26BrN2O/c27-23-14-12-22(13-15-23)26(30)19-28-18-6-2-5-9-25(28)29(26)24-16-10-21(11-17-24)20-7-3-1-4-8-20/h1,3-4,7-8,10-17,30H,2,5-6,9,18-19H2/q+1. The average Bonchev–Trinajstić information content (AvgIpc) is 2.90. The van der Waals surface area contributed by atoms with Crippen molar-refractivity contribution in [1.82, 2.24) is 0 Å². The summed E-state index contributed by atoms with van der Waals surface area (Å²) in [6, 6.07) is 27.1. The Labute approximate surface area is 186 Å². The maximum atomic E-state index is 12.0. The summed E-state index contributed by atoms with van der Waals surface area (Å²) >= 11 is 3.52. The summed E-state index contributed by atoms with van der Waals surface area (Å²) in [5.41, 5.74) is 3.30. The summed E-state index contributed by atoms with van der Waals surface area (Å²) in [7, 11) is 0. The third-order valence-electron chi connectivity index (χ3n) is 6.27. The van der Waals surface area contributed by atoms with E-state index in [4.69, 9.17) is 0 Å². The number of nitrogens with zero attached hydrogens (tertiary/aromatic N) is 2. The Morgan fingerprint density at radius 1 is 0.800 bits per heavy atom. The highest BCUT2D eigenvalue weighted by molar-refractivity contribution is 9.10. The number of aliphatic hydroxyl groups is 1. The molecule has 5 rings (SSSR count). The van der Waals surface area contributed by atoms with E-state index in [1.165, 1.54) is 36.2 Å². The normalized spacial score (nSPS) is 21.5. The van der Waals surface area contributed by atoms with Crippen LogP contribution in [0.3, 0.4) is 0 Å². The molecule has 0 radical (unpaired) electrons. The van der Waals surface area contributed by atoms with E-state index in [9.17, 15) is 5.11 Å². The van der Waals surface area contributed by atoms with Crippen molar-refractivity contribution in [3.63, 3.8) is 0 Å². The molecule has 3 nitrogen and oxygen atoms in total. The molecule has 1 atom stereocenters. The van der Waals surface area contributed by atoms with Crippen molar-refractivity contribution >= 4 is 27.5 Å². The van der Waals surface area contributed by atoms with Gasteiger partial charge in [0.2, 0.25) is 0 Å². The van der Waals surface area contributed by atoms with Gasteiger partial charge in [-0.1, -0.05) is 70.5 Å². The van der Waals surface area contributed by atoms with Gasteiger partial charge in [-0.15, -0.1) is 0 Å². The van der Waals surface area contributed by atoms with Gasteiger partial charge in [-0.2, -0.15) is 4.90 Å². The molecular weight excluding hydrogens is 436 g/mol. The van der Waals surface area contributed by atoms with E-state index in [0.29, 0.717) is 6.54 Å². The van der Waals surface area contributed by atoms with Gasteiger partial charge in [0.05, 0.1) is 6.54 Å². The van der Waals surface area contributed by atoms with Gasteiger partial charge in [0.1, 0.15) is 5.69 Å². The molecule has 0 aromatic heterocycles. The van der Waals surface area contributed by atoms with Crippen LogP contribution in [0.4, 0.5) is 5.69 Å². The molecule has 1 N–H and O–H groups in total. The zero-order valence-corrected chi connectivity index (χ0v) is 18.6. The maximum Gasteiger partial charge on any atom is 0.275 e. The minimum Gasteiger partial charge on any atom is -0.346 e. The Morgan fingerprint density at radius 3 is 2.23 bits per heavy atom. The molecule has 30 heavy (non-hydrogen) atoms. The number of halogens is 1. The van der Waals surface area contributed by atoms with Crippen LogP contribution in [0.5, 0.6) is 0 Å². The third kappa shape index (κ3) is 3.48. The molecular formula is C26H26BrN2O+. The molecule has 1 unspecified atom stereocenters. The monoisotopic (exact) mass is 461 g/mol. The first-order valence-corrected chi connectivity index (χ1v) is 11.5. The number of benzene rings is 3. The predicted octanol–water partition coefficient (Wildman–Crippen LogP) is 5.77. The van der Waals surface area contributed by atoms with Crippen LogP contribution in [-0.2, 0) is 5.72 Å². The van der Waals surface area contributed by atoms with Gasteiger partial charge in [-0.3, -0.25) is 4.58 Å².